The molecule has 0 fully saturated rings. The lowest BCUT2D eigenvalue weighted by atomic mass is 10.1. The Morgan fingerprint density at radius 2 is 1.59 bits per heavy atom. The van der Waals surface area contributed by atoms with Gasteiger partial charge in [0.05, 0.1) is 24.8 Å². The topological polar surface area (TPSA) is 35.8 Å². The van der Waals surface area contributed by atoms with Gasteiger partial charge >= 0.3 is 0 Å². The van der Waals surface area contributed by atoms with Crippen LogP contribution >= 0.6 is 70.0 Å². The summed E-state index contributed by atoms with van der Waals surface area (Å²) < 4.78 is 10.6. The molecular formula is C25H20BrCl6N3O2. The summed E-state index contributed by atoms with van der Waals surface area (Å²) in [5.74, 6) is -0.0888. The van der Waals surface area contributed by atoms with Gasteiger partial charge in [0.25, 0.3) is 6.34 Å². The van der Waals surface area contributed by atoms with Crippen molar-refractivity contribution in [2.75, 3.05) is 6.54 Å². The van der Waals surface area contributed by atoms with E-state index >= 15 is 0 Å². The molecule has 3 aromatic rings. The molecule has 0 aromatic heterocycles. The third kappa shape index (κ3) is 7.46. The Bertz CT molecular complexity index is 1260. The molecule has 1 aliphatic rings. The second-order valence-electron chi connectivity index (χ2n) is 8.01. The van der Waals surface area contributed by atoms with Crippen LogP contribution in [-0.2, 0) is 11.3 Å². The Morgan fingerprint density at radius 3 is 2.24 bits per heavy atom. The molecule has 5 nitrogen and oxygen atoms in total. The van der Waals surface area contributed by atoms with Crippen molar-refractivity contribution < 1.29 is 31.2 Å². The van der Waals surface area contributed by atoms with E-state index in [4.69, 9.17) is 74.7 Å². The number of hydrogen-bond acceptors (Lipinski definition) is 4. The number of nitrogens with zero attached hydrogens (tertiary/aromatic N) is 3. The molecule has 0 saturated heterocycles. The quantitative estimate of drug-likeness (QED) is 0.180. The first-order valence-corrected chi connectivity index (χ1v) is 13.0. The maximum absolute atomic E-state index is 12.8. The zero-order valence-electron chi connectivity index (χ0n) is 19.0. The fourth-order valence-electron chi connectivity index (χ4n) is 3.74. The van der Waals surface area contributed by atoms with E-state index in [2.05, 4.69) is 0 Å². The summed E-state index contributed by atoms with van der Waals surface area (Å²) in [5.41, 5.74) is 1.92. The fraction of sp³-hybridized carbons (Fsp3) is 0.200. The Hall–Kier alpha value is -1.22. The van der Waals surface area contributed by atoms with Crippen LogP contribution in [0.3, 0.4) is 0 Å². The second kappa shape index (κ2) is 13.7. The van der Waals surface area contributed by atoms with Crippen LogP contribution in [0.25, 0.3) is 0 Å². The average molecular weight is 687 g/mol. The van der Waals surface area contributed by atoms with Gasteiger partial charge in [-0.2, -0.15) is 0 Å². The van der Waals surface area contributed by atoms with Crippen LogP contribution in [-0.4, -0.2) is 38.5 Å². The predicted octanol–water partition coefficient (Wildman–Crippen LogP) is 5.04. The van der Waals surface area contributed by atoms with Gasteiger partial charge in [-0.1, -0.05) is 88.9 Å². The van der Waals surface area contributed by atoms with Crippen LogP contribution in [0.4, 0.5) is 0 Å². The number of halogens is 7. The lowest BCUT2D eigenvalue weighted by Gasteiger charge is -2.22. The van der Waals surface area contributed by atoms with E-state index < -0.39 is 12.3 Å². The van der Waals surface area contributed by atoms with Gasteiger partial charge in [0, 0.05) is 36.8 Å². The molecule has 0 radical (unpaired) electrons. The second-order valence-corrected chi connectivity index (χ2v) is 10.4. The maximum Gasteiger partial charge on any atom is 0.278 e. The fourth-order valence-corrected chi connectivity index (χ4v) is 5.34. The first kappa shape index (κ1) is 30.3. The minimum atomic E-state index is -0.611. The van der Waals surface area contributed by atoms with Crippen molar-refractivity contribution in [1.29, 1.82) is 0 Å². The number of carbonyl (C=O) groups excluding carboxylic acids is 1. The van der Waals surface area contributed by atoms with Crippen molar-refractivity contribution in [3.05, 3.63) is 104 Å². The number of hydrazine groups is 1. The average Bonchev–Trinajstić information content (AvgIpc) is 3.11. The zero-order chi connectivity index (χ0) is 25.8. The van der Waals surface area contributed by atoms with E-state index in [1.54, 1.807) is 71.7 Å². The molecule has 1 heterocycles. The van der Waals surface area contributed by atoms with Crippen molar-refractivity contribution in [2.24, 2.45) is 0 Å². The summed E-state index contributed by atoms with van der Waals surface area (Å²) in [6, 6.07) is 19.4. The highest BCUT2D eigenvalue weighted by Crippen LogP contribution is 2.33. The Morgan fingerprint density at radius 1 is 0.919 bits per heavy atom. The van der Waals surface area contributed by atoms with Gasteiger partial charge in [0.15, 0.2) is 5.78 Å². The molecule has 0 bridgehead atoms. The lowest BCUT2D eigenvalue weighted by molar-refractivity contribution is -0.660. The molecule has 4 rings (SSSR count). The molecule has 2 atom stereocenters. The lowest BCUT2D eigenvalue weighted by Crippen LogP contribution is -3.00. The molecule has 0 spiro atoms. The number of carbonyl (C=O) groups is 1. The maximum atomic E-state index is 12.8. The van der Waals surface area contributed by atoms with Crippen molar-refractivity contribution in [2.45, 2.75) is 25.3 Å². The minimum Gasteiger partial charge on any atom is -1.00 e. The molecule has 0 saturated carbocycles. The van der Waals surface area contributed by atoms with Gasteiger partial charge in [-0.3, -0.25) is 4.79 Å². The number of ketones is 1. The minimum absolute atomic E-state index is 0. The highest BCUT2D eigenvalue weighted by Gasteiger charge is 2.41. The van der Waals surface area contributed by atoms with Crippen LogP contribution in [0.2, 0.25) is 20.1 Å². The number of Topliss-reactive ketones (excluding diaryl/α,β-unsaturated/α-hetero) is 1. The summed E-state index contributed by atoms with van der Waals surface area (Å²) in [6.07, 6.45) is 0.487. The Kier molecular flexibility index (Phi) is 11.2. The van der Waals surface area contributed by atoms with Crippen LogP contribution in [0, 0.1) is 0 Å². The smallest absolute Gasteiger partial charge is 0.278 e. The number of hydrogen-bond donors (Lipinski definition) is 0. The normalized spacial score (nSPS) is 15.8. The molecule has 3 aromatic carbocycles. The third-order valence-electron chi connectivity index (χ3n) is 5.64. The van der Waals surface area contributed by atoms with Crippen molar-refractivity contribution >= 4 is 82.1 Å². The molecule has 0 N–H and O–H groups in total. The molecule has 1 aliphatic heterocycles. The zero-order valence-corrected chi connectivity index (χ0v) is 25.1. The van der Waals surface area contributed by atoms with Crippen molar-refractivity contribution in [1.82, 2.24) is 8.95 Å². The predicted molar refractivity (Wildman–Crippen MR) is 146 cm³/mol. The van der Waals surface area contributed by atoms with E-state index in [1.807, 2.05) is 6.07 Å². The first-order valence-electron chi connectivity index (χ1n) is 10.8. The highest BCUT2D eigenvalue weighted by molar-refractivity contribution is 6.36. The monoisotopic (exact) mass is 683 g/mol. The number of benzene rings is 3. The number of hydrazone groups is 1. The van der Waals surface area contributed by atoms with E-state index in [0.717, 1.165) is 0 Å². The summed E-state index contributed by atoms with van der Waals surface area (Å²) in [5, 5.41) is 1.90. The van der Waals surface area contributed by atoms with Gasteiger partial charge in [-0.25, -0.2) is 0 Å². The molecule has 2 unspecified atom stereocenters. The number of rotatable bonds is 9. The number of ether oxygens (including phenoxy) is 1. The van der Waals surface area contributed by atoms with Crippen molar-refractivity contribution in [3.8, 4) is 0 Å². The molecule has 0 aliphatic carbocycles. The van der Waals surface area contributed by atoms with E-state index in [9.17, 15) is 4.79 Å². The summed E-state index contributed by atoms with van der Waals surface area (Å²) in [4.78, 5) is 12.8. The Labute approximate surface area is 256 Å². The van der Waals surface area contributed by atoms with Crippen LogP contribution in [0.5, 0.6) is 0 Å². The molecule has 0 amide bonds. The van der Waals surface area contributed by atoms with Gasteiger partial charge < -0.3 is 21.7 Å². The van der Waals surface area contributed by atoms with Crippen LogP contribution < -0.4 is 17.0 Å². The van der Waals surface area contributed by atoms with Gasteiger partial charge in [-0.05, 0) is 24.3 Å². The van der Waals surface area contributed by atoms with Gasteiger partial charge in [0.2, 0.25) is 6.17 Å². The van der Waals surface area contributed by atoms with Gasteiger partial charge in [-0.15, -0.1) is 13.6 Å². The largest absolute Gasteiger partial charge is 1.00 e. The molecular weight excluding hydrogens is 667 g/mol. The SMILES string of the molecule is O=C(CC1N(Cl)C=[N+](CC(OCc2c(Cl)cccc2Cl)c2ccc(Cl)cc2Cl)N1Cl)c1ccccc1.[Br-]. The Balaban J connectivity index is 0.00000380. The van der Waals surface area contributed by atoms with E-state index in [1.165, 1.54) is 8.95 Å². The molecule has 37 heavy (non-hydrogen) atoms. The highest BCUT2D eigenvalue weighted by atomic mass is 79.9. The summed E-state index contributed by atoms with van der Waals surface area (Å²) in [6.45, 7) is 0.352. The summed E-state index contributed by atoms with van der Waals surface area (Å²) >= 11 is 38.3. The molecule has 196 valence electrons. The van der Waals surface area contributed by atoms with Crippen LogP contribution in [0.15, 0.2) is 66.7 Å². The first-order chi connectivity index (χ1) is 17.2. The van der Waals surface area contributed by atoms with Crippen molar-refractivity contribution in [3.63, 3.8) is 0 Å². The summed E-state index contributed by atoms with van der Waals surface area (Å²) in [7, 11) is 0. The third-order valence-corrected chi connectivity index (χ3v) is 7.64. The van der Waals surface area contributed by atoms with Gasteiger partial charge in [0.1, 0.15) is 24.4 Å². The van der Waals surface area contributed by atoms with E-state index in [0.29, 0.717) is 36.8 Å². The van der Waals surface area contributed by atoms with Crippen LogP contribution in [0.1, 0.15) is 34.0 Å². The van der Waals surface area contributed by atoms with E-state index in [-0.39, 0.29) is 42.3 Å². The molecule has 12 heteroatoms. The standard InChI is InChI=1S/C25H20Cl6N3O2.BrH/c26-17-9-10-18(22(29)11-17)24(36-14-19-20(27)7-4-8-21(19)28)13-32-15-33(30)25(34(32)31)12-23(35)16-5-2-1-3-6-16;/h1-11,15,24-25H,12-14H2;1H/q+1;/p-1.